The van der Waals surface area contributed by atoms with Gasteiger partial charge in [0.15, 0.2) is 0 Å². The molecule has 0 radical (unpaired) electrons. The molecule has 3 amide bonds. The van der Waals surface area contributed by atoms with Crippen LogP contribution in [0, 0.1) is 5.92 Å². The lowest BCUT2D eigenvalue weighted by Gasteiger charge is -2.18. The maximum absolute atomic E-state index is 11.2. The highest BCUT2D eigenvalue weighted by Gasteiger charge is 2.14. The number of nitrogens with zero attached hydrogens (tertiary/aromatic N) is 1. The van der Waals surface area contributed by atoms with Crippen molar-refractivity contribution >= 4 is 17.9 Å². The molecule has 7 nitrogen and oxygen atoms in total. The van der Waals surface area contributed by atoms with Crippen LogP contribution in [-0.2, 0) is 9.59 Å². The number of carboxylic acids is 1. The van der Waals surface area contributed by atoms with Crippen molar-refractivity contribution in [2.24, 2.45) is 5.92 Å². The highest BCUT2D eigenvalue weighted by Crippen LogP contribution is 1.98. The normalized spacial score (nSPS) is 12.0. The summed E-state index contributed by atoms with van der Waals surface area (Å²) in [6, 6.07) is -0.545. The number of carbonyl (C=O) groups is 3. The van der Waals surface area contributed by atoms with Crippen LogP contribution in [0.25, 0.3) is 0 Å². The van der Waals surface area contributed by atoms with Gasteiger partial charge in [-0.25, -0.2) is 4.79 Å². The molecular weight excluding hydrogens is 226 g/mol. The smallest absolute Gasteiger partial charge is 0.321 e. The van der Waals surface area contributed by atoms with E-state index in [0.29, 0.717) is 13.1 Å². The fraction of sp³-hybridized carbons (Fsp3) is 0.700. The molecule has 0 aliphatic heterocycles. The van der Waals surface area contributed by atoms with Crippen molar-refractivity contribution in [3.8, 4) is 0 Å². The SMILES string of the molecule is CNC(=O)NC(=O)CCN(C)CC(C)C(=O)O. The largest absolute Gasteiger partial charge is 0.481 e. The summed E-state index contributed by atoms with van der Waals surface area (Å²) < 4.78 is 0. The monoisotopic (exact) mass is 245 g/mol. The molecule has 1 atom stereocenters. The Kier molecular flexibility index (Phi) is 6.88. The molecule has 0 heterocycles. The Balaban J connectivity index is 3.84. The maximum Gasteiger partial charge on any atom is 0.321 e. The second-order valence-corrected chi connectivity index (χ2v) is 3.88. The fourth-order valence-electron chi connectivity index (χ4n) is 1.18. The average molecular weight is 245 g/mol. The molecule has 1 unspecified atom stereocenters. The van der Waals surface area contributed by atoms with Gasteiger partial charge in [-0.2, -0.15) is 0 Å². The number of carbonyl (C=O) groups excluding carboxylic acids is 2. The maximum atomic E-state index is 11.2. The van der Waals surface area contributed by atoms with Gasteiger partial charge in [-0.3, -0.25) is 14.9 Å². The topological polar surface area (TPSA) is 98.7 Å². The van der Waals surface area contributed by atoms with Gasteiger partial charge in [0.2, 0.25) is 5.91 Å². The number of urea groups is 1. The zero-order valence-electron chi connectivity index (χ0n) is 10.3. The van der Waals surface area contributed by atoms with E-state index in [1.165, 1.54) is 7.05 Å². The zero-order chi connectivity index (χ0) is 13.4. The van der Waals surface area contributed by atoms with Gasteiger partial charge < -0.3 is 15.3 Å². The van der Waals surface area contributed by atoms with Crippen LogP contribution < -0.4 is 10.6 Å². The summed E-state index contributed by atoms with van der Waals surface area (Å²) in [7, 11) is 3.15. The van der Waals surface area contributed by atoms with Crippen molar-refractivity contribution in [1.82, 2.24) is 15.5 Å². The lowest BCUT2D eigenvalue weighted by molar-refractivity contribution is -0.141. The molecule has 0 fully saturated rings. The minimum Gasteiger partial charge on any atom is -0.481 e. The summed E-state index contributed by atoms with van der Waals surface area (Å²) in [5.41, 5.74) is 0. The van der Waals surface area contributed by atoms with E-state index in [2.05, 4.69) is 10.6 Å². The molecule has 0 saturated carbocycles. The number of aliphatic carboxylic acids is 1. The van der Waals surface area contributed by atoms with Gasteiger partial charge in [0.25, 0.3) is 0 Å². The first-order chi connectivity index (χ1) is 7.86. The highest BCUT2D eigenvalue weighted by atomic mass is 16.4. The molecule has 98 valence electrons. The molecular formula is C10H19N3O4. The predicted molar refractivity (Wildman–Crippen MR) is 61.5 cm³/mol. The van der Waals surface area contributed by atoms with Crippen LogP contribution in [0.2, 0.25) is 0 Å². The van der Waals surface area contributed by atoms with Gasteiger partial charge in [-0.15, -0.1) is 0 Å². The van der Waals surface area contributed by atoms with E-state index in [9.17, 15) is 14.4 Å². The van der Waals surface area contributed by atoms with E-state index in [1.807, 2.05) is 0 Å². The van der Waals surface area contributed by atoms with E-state index < -0.39 is 17.9 Å². The number of imide groups is 1. The Hall–Kier alpha value is -1.63. The molecule has 0 saturated heterocycles. The second kappa shape index (κ2) is 7.61. The van der Waals surface area contributed by atoms with E-state index >= 15 is 0 Å². The second-order valence-electron chi connectivity index (χ2n) is 3.88. The molecule has 7 heteroatoms. The van der Waals surface area contributed by atoms with Crippen molar-refractivity contribution < 1.29 is 19.5 Å². The number of hydrogen-bond donors (Lipinski definition) is 3. The lowest BCUT2D eigenvalue weighted by Crippen LogP contribution is -2.39. The number of carboxylic acid groups (broad SMARTS) is 1. The van der Waals surface area contributed by atoms with Gasteiger partial charge >= 0.3 is 12.0 Å². The van der Waals surface area contributed by atoms with E-state index in [-0.39, 0.29) is 12.3 Å². The van der Waals surface area contributed by atoms with Crippen LogP contribution in [0.3, 0.4) is 0 Å². The first kappa shape index (κ1) is 15.4. The van der Waals surface area contributed by atoms with Crippen molar-refractivity contribution in [2.45, 2.75) is 13.3 Å². The first-order valence-corrected chi connectivity index (χ1v) is 5.29. The molecule has 0 aromatic heterocycles. The van der Waals surface area contributed by atoms with Gasteiger partial charge in [0.05, 0.1) is 5.92 Å². The first-order valence-electron chi connectivity index (χ1n) is 5.29. The lowest BCUT2D eigenvalue weighted by atomic mass is 10.2. The molecule has 0 spiro atoms. The van der Waals surface area contributed by atoms with Crippen molar-refractivity contribution in [2.75, 3.05) is 27.2 Å². The van der Waals surface area contributed by atoms with Crippen LogP contribution >= 0.6 is 0 Å². The molecule has 0 aliphatic rings. The third-order valence-electron chi connectivity index (χ3n) is 2.21. The minimum atomic E-state index is -0.869. The van der Waals surface area contributed by atoms with Crippen LogP contribution in [0.15, 0.2) is 0 Å². The molecule has 0 rings (SSSR count). The summed E-state index contributed by atoms with van der Waals surface area (Å²) in [4.78, 5) is 34.4. The average Bonchev–Trinajstić information content (AvgIpc) is 2.25. The van der Waals surface area contributed by atoms with E-state index in [0.717, 1.165) is 0 Å². The minimum absolute atomic E-state index is 0.149. The van der Waals surface area contributed by atoms with Crippen LogP contribution in [0.5, 0.6) is 0 Å². The molecule has 0 aliphatic carbocycles. The quantitative estimate of drug-likeness (QED) is 0.585. The third-order valence-corrected chi connectivity index (χ3v) is 2.21. The van der Waals surface area contributed by atoms with Gasteiger partial charge in [-0.1, -0.05) is 6.92 Å². The number of rotatable bonds is 6. The fourth-order valence-corrected chi connectivity index (χ4v) is 1.18. The summed E-state index contributed by atoms with van der Waals surface area (Å²) in [6.07, 6.45) is 0.149. The van der Waals surface area contributed by atoms with Crippen LogP contribution in [0.4, 0.5) is 4.79 Å². The highest BCUT2D eigenvalue weighted by molar-refractivity contribution is 5.94. The van der Waals surface area contributed by atoms with E-state index in [4.69, 9.17) is 5.11 Å². The van der Waals surface area contributed by atoms with Gasteiger partial charge in [0, 0.05) is 26.6 Å². The summed E-state index contributed by atoms with van der Waals surface area (Å²) >= 11 is 0. The molecule has 0 aromatic carbocycles. The molecule has 17 heavy (non-hydrogen) atoms. The number of nitrogens with one attached hydrogen (secondary N) is 2. The predicted octanol–water partition coefficient (Wildman–Crippen LogP) is -0.515. The Bertz CT molecular complexity index is 293. The Morgan fingerprint density at radius 3 is 2.41 bits per heavy atom. The molecule has 0 bridgehead atoms. The summed E-state index contributed by atoms with van der Waals surface area (Å²) in [6.45, 7) is 2.37. The Labute approximate surface area is 100 Å². The van der Waals surface area contributed by atoms with Crippen molar-refractivity contribution in [3.63, 3.8) is 0 Å². The van der Waals surface area contributed by atoms with Crippen LogP contribution in [0.1, 0.15) is 13.3 Å². The van der Waals surface area contributed by atoms with E-state index in [1.54, 1.807) is 18.9 Å². The van der Waals surface area contributed by atoms with Crippen molar-refractivity contribution in [1.29, 1.82) is 0 Å². The number of amides is 3. The standard InChI is InChI=1S/C10H19N3O4/c1-7(9(15)16)6-13(3)5-4-8(14)12-10(17)11-2/h7H,4-6H2,1-3H3,(H,15,16)(H2,11,12,14,17). The third kappa shape index (κ3) is 7.29. The summed E-state index contributed by atoms with van der Waals surface area (Å²) in [5, 5.41) is 13.1. The Morgan fingerprint density at radius 1 is 1.35 bits per heavy atom. The van der Waals surface area contributed by atoms with Crippen molar-refractivity contribution in [3.05, 3.63) is 0 Å². The van der Waals surface area contributed by atoms with Gasteiger partial charge in [0.1, 0.15) is 0 Å². The van der Waals surface area contributed by atoms with Gasteiger partial charge in [-0.05, 0) is 7.05 Å². The molecule has 0 aromatic rings. The number of hydrogen-bond acceptors (Lipinski definition) is 4. The van der Waals surface area contributed by atoms with Crippen LogP contribution in [-0.4, -0.2) is 55.1 Å². The Morgan fingerprint density at radius 2 is 1.94 bits per heavy atom. The molecule has 3 N–H and O–H groups in total. The summed E-state index contributed by atoms with van der Waals surface area (Å²) in [5.74, 6) is -1.74. The zero-order valence-corrected chi connectivity index (χ0v) is 10.3.